The van der Waals surface area contributed by atoms with Crippen molar-refractivity contribution in [2.75, 3.05) is 11.9 Å². The van der Waals surface area contributed by atoms with Crippen molar-refractivity contribution in [1.82, 2.24) is 5.32 Å². The van der Waals surface area contributed by atoms with Gasteiger partial charge in [-0.05, 0) is 60.2 Å². The minimum absolute atomic E-state index is 0.0352. The van der Waals surface area contributed by atoms with E-state index in [9.17, 15) is 9.18 Å². The van der Waals surface area contributed by atoms with E-state index in [1.165, 1.54) is 23.8 Å². The van der Waals surface area contributed by atoms with Gasteiger partial charge in [0.2, 0.25) is 0 Å². The van der Waals surface area contributed by atoms with Crippen molar-refractivity contribution in [2.45, 2.75) is 6.42 Å². The summed E-state index contributed by atoms with van der Waals surface area (Å²) in [6.45, 7) is 0.545. The molecular weight excluding hydrogens is 411 g/mol. The molecule has 0 saturated carbocycles. The highest BCUT2D eigenvalue weighted by Crippen LogP contribution is 2.19. The van der Waals surface area contributed by atoms with Gasteiger partial charge in [0.25, 0.3) is 5.91 Å². The fraction of sp³-hybridized carbons (Fsp3) is 0.0909. The summed E-state index contributed by atoms with van der Waals surface area (Å²) in [5.74, 6) is -0.219. The Hall–Kier alpha value is -2.96. The molecule has 0 atom stereocenters. The number of rotatable bonds is 6. The predicted octanol–water partition coefficient (Wildman–Crippen LogP) is 5.23. The van der Waals surface area contributed by atoms with Crippen molar-refractivity contribution in [3.63, 3.8) is 0 Å². The van der Waals surface area contributed by atoms with Crippen LogP contribution in [0.5, 0.6) is 5.75 Å². The lowest BCUT2D eigenvalue weighted by Crippen LogP contribution is -2.34. The van der Waals surface area contributed by atoms with Crippen molar-refractivity contribution in [3.8, 4) is 5.75 Å². The van der Waals surface area contributed by atoms with E-state index in [1.54, 1.807) is 24.3 Å². The third-order valence-corrected chi connectivity index (χ3v) is 4.52. The maximum atomic E-state index is 13.2. The SMILES string of the molecule is O=C(NC(=S)Nc1ccc(F)c(Cl)c1)c1ccc(OCCc2ccccc2)cc1. The van der Waals surface area contributed by atoms with Gasteiger partial charge in [-0.15, -0.1) is 0 Å². The molecule has 3 aromatic carbocycles. The van der Waals surface area contributed by atoms with Crippen LogP contribution < -0.4 is 15.4 Å². The van der Waals surface area contributed by atoms with E-state index in [0.29, 0.717) is 23.6 Å². The molecule has 0 aliphatic heterocycles. The zero-order valence-corrected chi connectivity index (χ0v) is 16.9. The number of ether oxygens (including phenoxy) is 1. The monoisotopic (exact) mass is 428 g/mol. The normalized spacial score (nSPS) is 10.3. The van der Waals surface area contributed by atoms with Gasteiger partial charge >= 0.3 is 0 Å². The molecule has 0 spiro atoms. The average Bonchev–Trinajstić information content (AvgIpc) is 2.72. The van der Waals surface area contributed by atoms with Crippen molar-refractivity contribution >= 4 is 40.5 Å². The van der Waals surface area contributed by atoms with Crippen LogP contribution in [0, 0.1) is 5.82 Å². The largest absolute Gasteiger partial charge is 0.493 e. The molecule has 4 nitrogen and oxygen atoms in total. The average molecular weight is 429 g/mol. The summed E-state index contributed by atoms with van der Waals surface area (Å²) >= 11 is 10.8. The van der Waals surface area contributed by atoms with Crippen molar-refractivity contribution in [1.29, 1.82) is 0 Å². The summed E-state index contributed by atoms with van der Waals surface area (Å²) in [5, 5.41) is 5.40. The number of hydrogen-bond acceptors (Lipinski definition) is 3. The number of thiocarbonyl (C=S) groups is 1. The molecule has 0 unspecified atom stereocenters. The fourth-order valence-corrected chi connectivity index (χ4v) is 2.94. The number of carbonyl (C=O) groups excluding carboxylic acids is 1. The van der Waals surface area contributed by atoms with Crippen LogP contribution in [0.25, 0.3) is 0 Å². The predicted molar refractivity (Wildman–Crippen MR) is 117 cm³/mol. The molecule has 0 aliphatic rings. The third-order valence-electron chi connectivity index (χ3n) is 4.02. The van der Waals surface area contributed by atoms with Crippen molar-refractivity contribution in [3.05, 3.63) is 94.8 Å². The summed E-state index contributed by atoms with van der Waals surface area (Å²) < 4.78 is 18.9. The first-order valence-corrected chi connectivity index (χ1v) is 9.64. The summed E-state index contributed by atoms with van der Waals surface area (Å²) in [6.07, 6.45) is 0.802. The van der Waals surface area contributed by atoms with Crippen LogP contribution >= 0.6 is 23.8 Å². The summed E-state index contributed by atoms with van der Waals surface area (Å²) in [5.41, 5.74) is 2.11. The highest BCUT2D eigenvalue weighted by Gasteiger charge is 2.09. The Morgan fingerprint density at radius 2 is 1.76 bits per heavy atom. The molecule has 29 heavy (non-hydrogen) atoms. The Morgan fingerprint density at radius 1 is 1.03 bits per heavy atom. The second kappa shape index (κ2) is 10.0. The van der Waals surface area contributed by atoms with Gasteiger partial charge < -0.3 is 10.1 Å². The Balaban J connectivity index is 1.49. The summed E-state index contributed by atoms with van der Waals surface area (Å²) in [6, 6.07) is 20.9. The molecule has 3 aromatic rings. The molecule has 0 aromatic heterocycles. The van der Waals surface area contributed by atoms with E-state index in [-0.39, 0.29) is 16.0 Å². The minimum Gasteiger partial charge on any atom is -0.493 e. The zero-order valence-electron chi connectivity index (χ0n) is 15.3. The Labute approximate surface area is 178 Å². The molecule has 0 aliphatic carbocycles. The van der Waals surface area contributed by atoms with Crippen LogP contribution in [0.3, 0.4) is 0 Å². The maximum Gasteiger partial charge on any atom is 0.257 e. The van der Waals surface area contributed by atoms with Gasteiger partial charge in [0.1, 0.15) is 11.6 Å². The highest BCUT2D eigenvalue weighted by molar-refractivity contribution is 7.80. The molecule has 0 heterocycles. The van der Waals surface area contributed by atoms with Crippen LogP contribution in [-0.2, 0) is 6.42 Å². The summed E-state index contributed by atoms with van der Waals surface area (Å²) in [7, 11) is 0. The van der Waals surface area contributed by atoms with Gasteiger partial charge in [0.05, 0.1) is 11.6 Å². The number of carbonyl (C=O) groups is 1. The molecule has 0 fully saturated rings. The zero-order chi connectivity index (χ0) is 20.6. The van der Waals surface area contributed by atoms with Crippen molar-refractivity contribution in [2.24, 2.45) is 0 Å². The third kappa shape index (κ3) is 6.27. The van der Waals surface area contributed by atoms with E-state index in [2.05, 4.69) is 10.6 Å². The number of hydrogen-bond donors (Lipinski definition) is 2. The Kier molecular flexibility index (Phi) is 7.16. The van der Waals surface area contributed by atoms with Gasteiger partial charge in [0.15, 0.2) is 5.11 Å². The quantitative estimate of drug-likeness (QED) is 0.528. The van der Waals surface area contributed by atoms with Crippen LogP contribution in [0.1, 0.15) is 15.9 Å². The van der Waals surface area contributed by atoms with E-state index < -0.39 is 5.82 Å². The van der Waals surface area contributed by atoms with Crippen LogP contribution in [-0.4, -0.2) is 17.6 Å². The van der Waals surface area contributed by atoms with Gasteiger partial charge in [-0.3, -0.25) is 10.1 Å². The lowest BCUT2D eigenvalue weighted by atomic mass is 10.2. The topological polar surface area (TPSA) is 50.4 Å². The van der Waals surface area contributed by atoms with E-state index in [1.807, 2.05) is 30.3 Å². The number of amides is 1. The Bertz CT molecular complexity index is 997. The first-order valence-electron chi connectivity index (χ1n) is 8.85. The molecule has 148 valence electrons. The smallest absolute Gasteiger partial charge is 0.257 e. The van der Waals surface area contributed by atoms with E-state index in [4.69, 9.17) is 28.6 Å². The molecule has 0 saturated heterocycles. The van der Waals surface area contributed by atoms with Crippen LogP contribution in [0.15, 0.2) is 72.8 Å². The van der Waals surface area contributed by atoms with E-state index in [0.717, 1.165) is 6.42 Å². The van der Waals surface area contributed by atoms with Gasteiger partial charge in [-0.2, -0.15) is 0 Å². The van der Waals surface area contributed by atoms with Crippen LogP contribution in [0.4, 0.5) is 10.1 Å². The number of benzene rings is 3. The molecule has 0 bridgehead atoms. The summed E-state index contributed by atoms with van der Waals surface area (Å²) in [4.78, 5) is 12.3. The standard InChI is InChI=1S/C22H18ClFN2O2S/c23-19-14-17(8-11-20(19)24)25-22(29)26-21(27)16-6-9-18(10-7-16)28-13-12-15-4-2-1-3-5-15/h1-11,14H,12-13H2,(H2,25,26,27,29). The number of nitrogens with one attached hydrogen (secondary N) is 2. The first kappa shape index (κ1) is 20.8. The number of anilines is 1. The first-order chi connectivity index (χ1) is 14.0. The molecule has 0 radical (unpaired) electrons. The van der Waals surface area contributed by atoms with Gasteiger partial charge in [-0.25, -0.2) is 4.39 Å². The second-order valence-electron chi connectivity index (χ2n) is 6.15. The molecule has 7 heteroatoms. The minimum atomic E-state index is -0.529. The molecule has 1 amide bonds. The highest BCUT2D eigenvalue weighted by atomic mass is 35.5. The van der Waals surface area contributed by atoms with E-state index >= 15 is 0 Å². The Morgan fingerprint density at radius 3 is 2.45 bits per heavy atom. The molecule has 2 N–H and O–H groups in total. The van der Waals surface area contributed by atoms with Gasteiger partial charge in [0, 0.05) is 17.7 Å². The lowest BCUT2D eigenvalue weighted by molar-refractivity contribution is 0.0977. The molecule has 3 rings (SSSR count). The van der Waals surface area contributed by atoms with Crippen molar-refractivity contribution < 1.29 is 13.9 Å². The lowest BCUT2D eigenvalue weighted by Gasteiger charge is -2.11. The maximum absolute atomic E-state index is 13.2. The van der Waals surface area contributed by atoms with Crippen LogP contribution in [0.2, 0.25) is 5.02 Å². The fourth-order valence-electron chi connectivity index (χ4n) is 2.55. The molecular formula is C22H18ClFN2O2S. The second-order valence-corrected chi connectivity index (χ2v) is 6.96. The van der Waals surface area contributed by atoms with Gasteiger partial charge in [-0.1, -0.05) is 41.9 Å². The number of halogens is 2.